The summed E-state index contributed by atoms with van der Waals surface area (Å²) in [6.45, 7) is 11.4. The molecule has 0 saturated heterocycles. The molecule has 0 spiro atoms. The van der Waals surface area contributed by atoms with Crippen molar-refractivity contribution in [1.29, 1.82) is 0 Å². The van der Waals surface area contributed by atoms with Gasteiger partial charge >= 0.3 is 48.4 Å². The first-order chi connectivity index (χ1) is 4.15. The minimum atomic E-state index is -1.50. The van der Waals surface area contributed by atoms with E-state index in [0.29, 0.717) is 0 Å². The van der Waals surface area contributed by atoms with Crippen molar-refractivity contribution in [2.24, 2.45) is 5.40 Å². The normalized spacial score (nSPS) is 12.0. The maximum Gasteiger partial charge on any atom is 1.00 e. The molecule has 0 aliphatic rings. The zero-order chi connectivity index (χ0) is 8.58. The molecule has 0 amide bonds. The van der Waals surface area contributed by atoms with E-state index < -0.39 is 16.6 Å². The van der Waals surface area contributed by atoms with Crippen molar-refractivity contribution in [3.63, 3.8) is 0 Å². The van der Waals surface area contributed by atoms with Crippen LogP contribution in [0.4, 0.5) is 0 Å². The van der Waals surface area contributed by atoms with Gasteiger partial charge in [0.25, 0.3) is 0 Å². The Morgan fingerprint density at radius 2 is 1.33 bits per heavy atom. The monoisotopic (exact) mass is 208 g/mol. The molecule has 0 fully saturated rings. The molecule has 0 bridgehead atoms. The summed E-state index contributed by atoms with van der Waals surface area (Å²) in [5.41, 5.74) is 0. The van der Waals surface area contributed by atoms with Crippen LogP contribution in [-0.4, -0.2) is 27.9 Å². The Bertz CT molecular complexity index is 116. The van der Waals surface area contributed by atoms with E-state index in [1.54, 1.807) is 0 Å². The second-order valence-corrected chi connectivity index (χ2v) is 13.8. The van der Waals surface area contributed by atoms with Gasteiger partial charge in [0, 0.05) is 0 Å². The summed E-state index contributed by atoms with van der Waals surface area (Å²) in [6.07, 6.45) is 0. The number of hydrogen-bond acceptors (Lipinski definition) is 2. The molecular formula is C6H22LiN2NaSi2. The van der Waals surface area contributed by atoms with Gasteiger partial charge in [-0.15, -0.1) is 0 Å². The second kappa shape index (κ2) is 6.44. The molecule has 0 saturated carbocycles. The van der Waals surface area contributed by atoms with Crippen LogP contribution in [0.25, 0.3) is 0 Å². The first-order valence-corrected chi connectivity index (χ1v) is 10.2. The van der Waals surface area contributed by atoms with Crippen LogP contribution in [-0.2, 0) is 0 Å². The molecule has 0 atom stereocenters. The summed E-state index contributed by atoms with van der Waals surface area (Å²) in [5.74, 6) is 0. The predicted molar refractivity (Wildman–Crippen MR) is 55.0 cm³/mol. The fourth-order valence-electron chi connectivity index (χ4n) is 0.864. The van der Waals surface area contributed by atoms with Crippen LogP contribution in [0, 0.1) is 0 Å². The molecule has 0 aliphatic heterocycles. The third-order valence-corrected chi connectivity index (χ3v) is 9.35. The van der Waals surface area contributed by atoms with Crippen molar-refractivity contribution in [3.05, 3.63) is 0 Å². The summed E-state index contributed by atoms with van der Waals surface area (Å²) < 4.78 is 2.43. The molecule has 2 N–H and O–H groups in total. The van der Waals surface area contributed by atoms with Crippen LogP contribution >= 0.6 is 0 Å². The number of nitrogens with zero attached hydrogens (tertiary/aromatic N) is 1. The summed E-state index contributed by atoms with van der Waals surface area (Å²) in [7, 11) is -0.462. The van der Waals surface area contributed by atoms with E-state index in [-0.39, 0.29) is 51.3 Å². The van der Waals surface area contributed by atoms with Crippen LogP contribution in [0.2, 0.25) is 32.7 Å². The van der Waals surface area contributed by atoms with Gasteiger partial charge < -0.3 is 12.5 Å². The van der Waals surface area contributed by atoms with Crippen LogP contribution in [0.5, 0.6) is 0 Å². The molecule has 2 nitrogen and oxygen atoms in total. The topological polar surface area (TPSA) is 29.3 Å². The van der Waals surface area contributed by atoms with Gasteiger partial charge in [-0.2, -0.15) is 0 Å². The standard InChI is InChI=1S/C6H20N2Si2.Li.Na.2H/c1-8(9(2,3)4)10(5,6)7;;;;/h7H2,1-6H3;;;;/q;2*+1;2*-1. The molecule has 6 heteroatoms. The van der Waals surface area contributed by atoms with Gasteiger partial charge in [-0.05, 0) is 20.1 Å². The van der Waals surface area contributed by atoms with Crippen molar-refractivity contribution in [3.8, 4) is 0 Å². The van der Waals surface area contributed by atoms with E-state index in [4.69, 9.17) is 5.40 Å². The van der Waals surface area contributed by atoms with Crippen molar-refractivity contribution in [2.45, 2.75) is 32.7 Å². The Morgan fingerprint density at radius 3 is 1.33 bits per heavy atom. The average molecular weight is 208 g/mol. The van der Waals surface area contributed by atoms with Gasteiger partial charge in [0.15, 0.2) is 8.40 Å². The third-order valence-electron chi connectivity index (χ3n) is 1.87. The van der Waals surface area contributed by atoms with Gasteiger partial charge in [-0.3, -0.25) is 0 Å². The molecule has 0 radical (unpaired) electrons. The SMILES string of the molecule is CN([Si](C)(C)C)[Si](C)(C)N.[H-].[H-].[Li+].[Na+]. The first kappa shape index (κ1) is 19.5. The fourth-order valence-corrected chi connectivity index (χ4v) is 7.78. The molecule has 0 aromatic carbocycles. The Labute approximate surface area is 116 Å². The Morgan fingerprint density at radius 1 is 1.08 bits per heavy atom. The molecule has 0 heterocycles. The summed E-state index contributed by atoms with van der Waals surface area (Å²) in [6, 6.07) is 0. The van der Waals surface area contributed by atoms with Crippen LogP contribution in [0.15, 0.2) is 0 Å². The Balaban J connectivity index is -0.0000000675. The summed E-state index contributed by atoms with van der Waals surface area (Å²) in [5, 5.41) is 6.06. The number of hydrogen-bond donors (Lipinski definition) is 1. The number of nitrogens with two attached hydrogens (primary N) is 1. The molecule has 0 aliphatic carbocycles. The quantitative estimate of drug-likeness (QED) is 0.465. The zero-order valence-corrected chi connectivity index (χ0v) is 14.0. The molecule has 12 heavy (non-hydrogen) atoms. The smallest absolute Gasteiger partial charge is 1.00 e. The van der Waals surface area contributed by atoms with Gasteiger partial charge in [-0.1, -0.05) is 19.6 Å². The second-order valence-electron chi connectivity index (χ2n) is 4.38. The largest absolute Gasteiger partial charge is 1.00 e. The zero-order valence-electron chi connectivity index (χ0n) is 12.0. The average Bonchev–Trinajstić information content (AvgIpc) is 1.59. The molecular weight excluding hydrogens is 186 g/mol. The van der Waals surface area contributed by atoms with E-state index in [0.717, 1.165) is 0 Å². The van der Waals surface area contributed by atoms with E-state index in [1.165, 1.54) is 0 Å². The van der Waals surface area contributed by atoms with Gasteiger partial charge in [-0.25, -0.2) is 0 Å². The molecule has 0 aromatic heterocycles. The van der Waals surface area contributed by atoms with E-state index in [2.05, 4.69) is 44.0 Å². The minimum absolute atomic E-state index is 0. The van der Waals surface area contributed by atoms with Crippen molar-refractivity contribution in [1.82, 2.24) is 4.23 Å². The molecule has 0 rings (SSSR count). The summed E-state index contributed by atoms with van der Waals surface area (Å²) in [4.78, 5) is 0. The van der Waals surface area contributed by atoms with Crippen LogP contribution < -0.4 is 53.8 Å². The van der Waals surface area contributed by atoms with Crippen molar-refractivity contribution in [2.75, 3.05) is 7.05 Å². The third kappa shape index (κ3) is 7.36. The van der Waals surface area contributed by atoms with Crippen molar-refractivity contribution < 1.29 is 51.3 Å². The van der Waals surface area contributed by atoms with Gasteiger partial charge in [0.1, 0.15) is 8.24 Å². The Hall–Kier alpha value is 1.95. The maximum absolute atomic E-state index is 6.06. The molecule has 66 valence electrons. The molecule has 0 aromatic rings. The predicted octanol–water partition coefficient (Wildman–Crippen LogP) is -4.35. The van der Waals surface area contributed by atoms with Crippen LogP contribution in [0.3, 0.4) is 0 Å². The van der Waals surface area contributed by atoms with Gasteiger partial charge in [0.05, 0.1) is 0 Å². The maximum atomic E-state index is 6.06. The van der Waals surface area contributed by atoms with Crippen LogP contribution in [0.1, 0.15) is 2.85 Å². The Kier molecular flexibility index (Phi) is 10.5. The first-order valence-electron chi connectivity index (χ1n) is 3.68. The summed E-state index contributed by atoms with van der Waals surface area (Å²) >= 11 is 0. The van der Waals surface area contributed by atoms with E-state index in [9.17, 15) is 0 Å². The molecule has 0 unspecified atom stereocenters. The minimum Gasteiger partial charge on any atom is -1.00 e. The van der Waals surface area contributed by atoms with E-state index >= 15 is 0 Å². The van der Waals surface area contributed by atoms with Crippen molar-refractivity contribution >= 4 is 16.6 Å². The fraction of sp³-hybridized carbons (Fsp3) is 1.00. The number of rotatable bonds is 2. The van der Waals surface area contributed by atoms with Gasteiger partial charge in [0.2, 0.25) is 0 Å². The van der Waals surface area contributed by atoms with E-state index in [1.807, 2.05) is 0 Å².